The minimum atomic E-state index is 0.111. The Labute approximate surface area is 109 Å². The van der Waals surface area contributed by atoms with Crippen LogP contribution < -0.4 is 4.90 Å². The van der Waals surface area contributed by atoms with E-state index in [9.17, 15) is 4.79 Å². The molecule has 1 aromatic rings. The average molecular weight is 303 g/mol. The van der Waals surface area contributed by atoms with Crippen LogP contribution in [0.3, 0.4) is 0 Å². The molecule has 0 saturated carbocycles. The Hall–Kier alpha value is -0.540. The largest absolute Gasteiger partial charge is 0.369 e. The summed E-state index contributed by atoms with van der Waals surface area (Å²) in [6.45, 7) is 3.53. The van der Waals surface area contributed by atoms with E-state index in [1.807, 2.05) is 25.1 Å². The normalized spacial score (nSPS) is 21.3. The van der Waals surface area contributed by atoms with Crippen molar-refractivity contribution in [2.24, 2.45) is 5.92 Å². The first-order valence-electron chi connectivity index (χ1n) is 5.31. The van der Waals surface area contributed by atoms with Gasteiger partial charge in [-0.2, -0.15) is 0 Å². The SMILES string of the molecule is CC1CN(c2cccc(Cl)c2Br)CCC1=O. The number of anilines is 1. The van der Waals surface area contributed by atoms with Crippen LogP contribution in [0.15, 0.2) is 22.7 Å². The van der Waals surface area contributed by atoms with Crippen molar-refractivity contribution in [2.75, 3.05) is 18.0 Å². The van der Waals surface area contributed by atoms with Gasteiger partial charge in [0, 0.05) is 25.4 Å². The summed E-state index contributed by atoms with van der Waals surface area (Å²) in [5, 5.41) is 0.710. The monoisotopic (exact) mass is 301 g/mol. The topological polar surface area (TPSA) is 20.3 Å². The van der Waals surface area contributed by atoms with Crippen LogP contribution >= 0.6 is 27.5 Å². The van der Waals surface area contributed by atoms with Gasteiger partial charge in [-0.3, -0.25) is 4.79 Å². The fourth-order valence-electron chi connectivity index (χ4n) is 1.97. The van der Waals surface area contributed by atoms with Gasteiger partial charge in [-0.05, 0) is 28.1 Å². The summed E-state index contributed by atoms with van der Waals surface area (Å²) in [6, 6.07) is 5.82. The molecule has 0 amide bonds. The third-order valence-electron chi connectivity index (χ3n) is 2.94. The predicted molar refractivity (Wildman–Crippen MR) is 70.2 cm³/mol. The van der Waals surface area contributed by atoms with Gasteiger partial charge in [-0.15, -0.1) is 0 Å². The van der Waals surface area contributed by atoms with E-state index in [4.69, 9.17) is 11.6 Å². The molecule has 0 radical (unpaired) electrons. The summed E-state index contributed by atoms with van der Waals surface area (Å²) < 4.78 is 0.915. The zero-order valence-electron chi connectivity index (χ0n) is 9.04. The fourth-order valence-corrected chi connectivity index (χ4v) is 2.66. The molecular weight excluding hydrogens is 289 g/mol. The predicted octanol–water partition coefficient (Wildman–Crippen LogP) is 3.52. The van der Waals surface area contributed by atoms with Crippen molar-refractivity contribution in [3.05, 3.63) is 27.7 Å². The summed E-state index contributed by atoms with van der Waals surface area (Å²) in [5.74, 6) is 0.467. The van der Waals surface area contributed by atoms with E-state index in [0.29, 0.717) is 17.2 Å². The highest BCUT2D eigenvalue weighted by atomic mass is 79.9. The van der Waals surface area contributed by atoms with E-state index in [-0.39, 0.29) is 5.92 Å². The van der Waals surface area contributed by atoms with E-state index < -0.39 is 0 Å². The van der Waals surface area contributed by atoms with Crippen LogP contribution in [-0.2, 0) is 4.79 Å². The first-order chi connectivity index (χ1) is 7.59. The molecule has 0 bridgehead atoms. The quantitative estimate of drug-likeness (QED) is 0.791. The second-order valence-electron chi connectivity index (χ2n) is 4.14. The number of rotatable bonds is 1. The van der Waals surface area contributed by atoms with E-state index in [1.54, 1.807) is 0 Å². The Morgan fingerprint density at radius 3 is 2.94 bits per heavy atom. The first kappa shape index (κ1) is 11.9. The standard InChI is InChI=1S/C12H13BrClNO/c1-8-7-15(6-5-11(8)16)10-4-2-3-9(14)12(10)13/h2-4,8H,5-7H2,1H3. The number of halogens is 2. The Bertz CT molecular complexity index is 421. The van der Waals surface area contributed by atoms with Gasteiger partial charge in [-0.1, -0.05) is 24.6 Å². The van der Waals surface area contributed by atoms with Crippen LogP contribution in [-0.4, -0.2) is 18.9 Å². The summed E-state index contributed by atoms with van der Waals surface area (Å²) >= 11 is 9.55. The lowest BCUT2D eigenvalue weighted by molar-refractivity contribution is -0.122. The number of hydrogen-bond acceptors (Lipinski definition) is 2. The molecular formula is C12H13BrClNO. The zero-order valence-corrected chi connectivity index (χ0v) is 11.4. The number of piperidine rings is 1. The first-order valence-corrected chi connectivity index (χ1v) is 6.48. The molecule has 86 valence electrons. The number of carbonyl (C=O) groups excluding carboxylic acids is 1. The lowest BCUT2D eigenvalue weighted by Crippen LogP contribution is -2.39. The Morgan fingerprint density at radius 2 is 2.25 bits per heavy atom. The number of Topliss-reactive ketones (excluding diaryl/α,β-unsaturated/α-hetero) is 1. The summed E-state index contributed by atoms with van der Waals surface area (Å²) in [5.41, 5.74) is 1.08. The fraction of sp³-hybridized carbons (Fsp3) is 0.417. The molecule has 1 heterocycles. The van der Waals surface area contributed by atoms with Crippen molar-refractivity contribution in [3.8, 4) is 0 Å². The lowest BCUT2D eigenvalue weighted by Gasteiger charge is -2.32. The average Bonchev–Trinajstić information content (AvgIpc) is 2.26. The molecule has 0 N–H and O–H groups in total. The molecule has 1 fully saturated rings. The van der Waals surface area contributed by atoms with Crippen molar-refractivity contribution >= 4 is 39.0 Å². The van der Waals surface area contributed by atoms with E-state index >= 15 is 0 Å². The number of carbonyl (C=O) groups is 1. The molecule has 4 heteroatoms. The van der Waals surface area contributed by atoms with Crippen LogP contribution in [0, 0.1) is 5.92 Å². The molecule has 0 aliphatic carbocycles. The molecule has 1 aliphatic rings. The number of benzene rings is 1. The van der Waals surface area contributed by atoms with Gasteiger partial charge in [0.15, 0.2) is 0 Å². The molecule has 1 aliphatic heterocycles. The molecule has 2 nitrogen and oxygen atoms in total. The molecule has 16 heavy (non-hydrogen) atoms. The van der Waals surface area contributed by atoms with E-state index in [0.717, 1.165) is 23.2 Å². The van der Waals surface area contributed by atoms with Crippen LogP contribution in [0.5, 0.6) is 0 Å². The third kappa shape index (κ3) is 2.25. The number of nitrogens with zero attached hydrogens (tertiary/aromatic N) is 1. The molecule has 2 rings (SSSR count). The molecule has 1 aromatic carbocycles. The third-order valence-corrected chi connectivity index (χ3v) is 4.32. The zero-order chi connectivity index (χ0) is 11.7. The number of ketones is 1. The van der Waals surface area contributed by atoms with Gasteiger partial charge in [0.2, 0.25) is 0 Å². The summed E-state index contributed by atoms with van der Waals surface area (Å²) in [7, 11) is 0. The van der Waals surface area contributed by atoms with E-state index in [2.05, 4.69) is 20.8 Å². The van der Waals surface area contributed by atoms with Gasteiger partial charge < -0.3 is 4.90 Å². The Balaban J connectivity index is 2.25. The molecule has 1 atom stereocenters. The Morgan fingerprint density at radius 1 is 1.50 bits per heavy atom. The maximum absolute atomic E-state index is 11.5. The highest BCUT2D eigenvalue weighted by Gasteiger charge is 2.24. The minimum Gasteiger partial charge on any atom is -0.369 e. The molecule has 1 unspecified atom stereocenters. The number of hydrogen-bond donors (Lipinski definition) is 0. The van der Waals surface area contributed by atoms with Gasteiger partial charge in [-0.25, -0.2) is 0 Å². The maximum atomic E-state index is 11.5. The van der Waals surface area contributed by atoms with Crippen molar-refractivity contribution in [1.82, 2.24) is 0 Å². The van der Waals surface area contributed by atoms with Crippen molar-refractivity contribution in [3.63, 3.8) is 0 Å². The van der Waals surface area contributed by atoms with Gasteiger partial charge >= 0.3 is 0 Å². The van der Waals surface area contributed by atoms with Crippen LogP contribution in [0.2, 0.25) is 5.02 Å². The minimum absolute atomic E-state index is 0.111. The van der Waals surface area contributed by atoms with Crippen LogP contribution in [0.1, 0.15) is 13.3 Å². The lowest BCUT2D eigenvalue weighted by atomic mass is 9.98. The van der Waals surface area contributed by atoms with Crippen LogP contribution in [0.4, 0.5) is 5.69 Å². The second-order valence-corrected chi connectivity index (χ2v) is 5.34. The second kappa shape index (κ2) is 4.76. The van der Waals surface area contributed by atoms with Gasteiger partial charge in [0.1, 0.15) is 5.78 Å². The van der Waals surface area contributed by atoms with Crippen molar-refractivity contribution in [2.45, 2.75) is 13.3 Å². The highest BCUT2D eigenvalue weighted by Crippen LogP contribution is 2.34. The van der Waals surface area contributed by atoms with Gasteiger partial charge in [0.05, 0.1) is 15.2 Å². The molecule has 0 spiro atoms. The smallest absolute Gasteiger partial charge is 0.139 e. The van der Waals surface area contributed by atoms with Crippen molar-refractivity contribution in [1.29, 1.82) is 0 Å². The van der Waals surface area contributed by atoms with Crippen LogP contribution in [0.25, 0.3) is 0 Å². The summed E-state index contributed by atoms with van der Waals surface area (Å²) in [6.07, 6.45) is 0.625. The molecule has 0 aromatic heterocycles. The van der Waals surface area contributed by atoms with E-state index in [1.165, 1.54) is 0 Å². The van der Waals surface area contributed by atoms with Gasteiger partial charge in [0.25, 0.3) is 0 Å². The highest BCUT2D eigenvalue weighted by molar-refractivity contribution is 9.10. The molecule has 1 saturated heterocycles. The van der Waals surface area contributed by atoms with Crippen molar-refractivity contribution < 1.29 is 4.79 Å². The summed E-state index contributed by atoms with van der Waals surface area (Å²) in [4.78, 5) is 13.7. The maximum Gasteiger partial charge on any atom is 0.139 e. The Kier molecular flexibility index (Phi) is 3.55.